The van der Waals surface area contributed by atoms with Gasteiger partial charge in [0.2, 0.25) is 0 Å². The van der Waals surface area contributed by atoms with E-state index < -0.39 is 5.97 Å². The van der Waals surface area contributed by atoms with Crippen LogP contribution in [-0.2, 0) is 0 Å². The maximum Gasteiger partial charge on any atom is 0.338 e. The molecule has 0 saturated heterocycles. The van der Waals surface area contributed by atoms with Gasteiger partial charge in [0.05, 0.1) is 18.4 Å². The maximum atomic E-state index is 11.4. The zero-order valence-electron chi connectivity index (χ0n) is 11.5. The van der Waals surface area contributed by atoms with Crippen LogP contribution in [0, 0.1) is 13.8 Å². The number of methoxy groups -OCH3 is 1. The van der Waals surface area contributed by atoms with E-state index in [1.54, 1.807) is 20.1 Å². The van der Waals surface area contributed by atoms with Crippen molar-refractivity contribution >= 4 is 17.7 Å². The van der Waals surface area contributed by atoms with Crippen molar-refractivity contribution in [1.29, 1.82) is 0 Å². The largest absolute Gasteiger partial charge is 0.497 e. The molecule has 0 atom stereocenters. The predicted molar refractivity (Wildman–Crippen MR) is 77.8 cm³/mol. The Morgan fingerprint density at radius 3 is 2.45 bits per heavy atom. The fourth-order valence-corrected chi connectivity index (χ4v) is 3.00. The molecule has 0 aliphatic carbocycles. The molecule has 0 amide bonds. The second-order valence-corrected chi connectivity index (χ2v) is 5.42. The molecule has 1 heterocycles. The number of carboxylic acids is 1. The first-order chi connectivity index (χ1) is 9.51. The number of nitrogens with zero attached hydrogens (tertiary/aromatic N) is 1. The zero-order valence-corrected chi connectivity index (χ0v) is 12.3. The molecule has 104 valence electrons. The Morgan fingerprint density at radius 2 is 1.90 bits per heavy atom. The van der Waals surface area contributed by atoms with E-state index in [1.807, 2.05) is 31.2 Å². The molecule has 20 heavy (non-hydrogen) atoms. The van der Waals surface area contributed by atoms with Crippen molar-refractivity contribution in [1.82, 2.24) is 4.98 Å². The first-order valence-corrected chi connectivity index (χ1v) is 6.86. The fraction of sp³-hybridized carbons (Fsp3) is 0.200. The quantitative estimate of drug-likeness (QED) is 0.932. The average molecular weight is 289 g/mol. The van der Waals surface area contributed by atoms with E-state index in [-0.39, 0.29) is 5.56 Å². The summed E-state index contributed by atoms with van der Waals surface area (Å²) >= 11 is 1.41. The molecule has 0 unspecified atom stereocenters. The van der Waals surface area contributed by atoms with Gasteiger partial charge in [-0.3, -0.25) is 4.98 Å². The van der Waals surface area contributed by atoms with Crippen molar-refractivity contribution in [3.8, 4) is 5.75 Å². The lowest BCUT2D eigenvalue weighted by atomic mass is 10.2. The minimum Gasteiger partial charge on any atom is -0.497 e. The van der Waals surface area contributed by atoms with Crippen molar-refractivity contribution < 1.29 is 14.6 Å². The van der Waals surface area contributed by atoms with Crippen LogP contribution in [0.15, 0.2) is 40.1 Å². The summed E-state index contributed by atoms with van der Waals surface area (Å²) in [5, 5.41) is 9.32. The standard InChI is InChI=1S/C15H15NO3S/c1-9-8-13(14(15(17)18)10(2)16-9)20-12-6-4-11(19-3)5-7-12/h4-8H,1-3H3,(H,17,18). The molecule has 0 saturated carbocycles. The predicted octanol–water partition coefficient (Wildman–Crippen LogP) is 3.56. The van der Waals surface area contributed by atoms with Crippen LogP contribution in [0.25, 0.3) is 0 Å². The lowest BCUT2D eigenvalue weighted by Crippen LogP contribution is -2.05. The summed E-state index contributed by atoms with van der Waals surface area (Å²) < 4.78 is 5.11. The minimum absolute atomic E-state index is 0.261. The third-order valence-corrected chi connectivity index (χ3v) is 3.84. The Morgan fingerprint density at radius 1 is 1.25 bits per heavy atom. The third-order valence-electron chi connectivity index (χ3n) is 2.79. The van der Waals surface area contributed by atoms with Gasteiger partial charge in [0, 0.05) is 15.5 Å². The molecular weight excluding hydrogens is 274 g/mol. The van der Waals surface area contributed by atoms with Crippen LogP contribution in [0.4, 0.5) is 0 Å². The Bertz CT molecular complexity index is 638. The summed E-state index contributed by atoms with van der Waals surface area (Å²) in [7, 11) is 1.61. The SMILES string of the molecule is COc1ccc(Sc2cc(C)nc(C)c2C(=O)O)cc1. The summed E-state index contributed by atoms with van der Waals surface area (Å²) in [4.78, 5) is 17.2. The number of aromatic nitrogens is 1. The van der Waals surface area contributed by atoms with E-state index in [0.717, 1.165) is 16.3 Å². The molecule has 0 bridgehead atoms. The van der Waals surface area contributed by atoms with Crippen molar-refractivity contribution in [2.24, 2.45) is 0 Å². The highest BCUT2D eigenvalue weighted by Crippen LogP contribution is 2.33. The summed E-state index contributed by atoms with van der Waals surface area (Å²) in [5.74, 6) is -0.180. The van der Waals surface area contributed by atoms with E-state index in [4.69, 9.17) is 4.74 Å². The Balaban J connectivity index is 2.39. The molecule has 0 fully saturated rings. The molecule has 0 radical (unpaired) electrons. The van der Waals surface area contributed by atoms with Crippen LogP contribution >= 0.6 is 11.8 Å². The normalized spacial score (nSPS) is 10.3. The van der Waals surface area contributed by atoms with Gasteiger partial charge in [-0.15, -0.1) is 0 Å². The molecule has 2 rings (SSSR count). The Hall–Kier alpha value is -2.01. The van der Waals surface area contributed by atoms with E-state index in [9.17, 15) is 9.90 Å². The summed E-state index contributed by atoms with van der Waals surface area (Å²) in [5.41, 5.74) is 1.61. The smallest absolute Gasteiger partial charge is 0.338 e. The fourth-order valence-electron chi connectivity index (χ4n) is 1.90. The molecule has 4 nitrogen and oxygen atoms in total. The minimum atomic E-state index is -0.953. The molecule has 1 aromatic carbocycles. The number of aryl methyl sites for hydroxylation is 2. The second-order valence-electron chi connectivity index (χ2n) is 4.30. The molecule has 0 spiro atoms. The molecule has 2 aromatic rings. The van der Waals surface area contributed by atoms with Crippen LogP contribution in [0.5, 0.6) is 5.75 Å². The molecule has 0 aliphatic heterocycles. The summed E-state index contributed by atoms with van der Waals surface area (Å²) in [6.07, 6.45) is 0. The van der Waals surface area contributed by atoms with Gasteiger partial charge in [-0.05, 0) is 44.2 Å². The Kier molecular flexibility index (Phi) is 4.29. The molecule has 0 aliphatic rings. The number of benzene rings is 1. The number of hydrogen-bond donors (Lipinski definition) is 1. The van der Waals surface area contributed by atoms with Crippen molar-refractivity contribution in [3.63, 3.8) is 0 Å². The van der Waals surface area contributed by atoms with Gasteiger partial charge in [-0.2, -0.15) is 0 Å². The first-order valence-electron chi connectivity index (χ1n) is 6.04. The number of pyridine rings is 1. The molecule has 1 N–H and O–H groups in total. The third kappa shape index (κ3) is 3.11. The van der Waals surface area contributed by atoms with Crippen LogP contribution in [0.1, 0.15) is 21.7 Å². The van der Waals surface area contributed by atoms with Crippen LogP contribution < -0.4 is 4.74 Å². The molecule has 5 heteroatoms. The average Bonchev–Trinajstić information content (AvgIpc) is 2.38. The number of carboxylic acid groups (broad SMARTS) is 1. The second kappa shape index (κ2) is 5.96. The van der Waals surface area contributed by atoms with Gasteiger partial charge in [-0.1, -0.05) is 11.8 Å². The highest BCUT2D eigenvalue weighted by Gasteiger charge is 2.16. The van der Waals surface area contributed by atoms with Gasteiger partial charge in [0.15, 0.2) is 0 Å². The number of aromatic carboxylic acids is 1. The van der Waals surface area contributed by atoms with Crippen molar-refractivity contribution in [2.45, 2.75) is 23.6 Å². The van der Waals surface area contributed by atoms with E-state index in [1.165, 1.54) is 11.8 Å². The van der Waals surface area contributed by atoms with Crippen LogP contribution in [0.2, 0.25) is 0 Å². The van der Waals surface area contributed by atoms with Crippen molar-refractivity contribution in [3.05, 3.63) is 47.3 Å². The number of carbonyl (C=O) groups is 1. The van der Waals surface area contributed by atoms with Gasteiger partial charge in [0.1, 0.15) is 5.75 Å². The highest BCUT2D eigenvalue weighted by atomic mass is 32.2. The Labute approximate surface area is 121 Å². The van der Waals surface area contributed by atoms with Crippen LogP contribution in [-0.4, -0.2) is 23.2 Å². The summed E-state index contributed by atoms with van der Waals surface area (Å²) in [6, 6.07) is 9.30. The number of ether oxygens (including phenoxy) is 1. The monoisotopic (exact) mass is 289 g/mol. The maximum absolute atomic E-state index is 11.4. The van der Waals surface area contributed by atoms with Gasteiger partial charge >= 0.3 is 5.97 Å². The highest BCUT2D eigenvalue weighted by molar-refractivity contribution is 7.99. The van der Waals surface area contributed by atoms with Gasteiger partial charge < -0.3 is 9.84 Å². The lowest BCUT2D eigenvalue weighted by Gasteiger charge is -2.10. The van der Waals surface area contributed by atoms with E-state index in [2.05, 4.69) is 4.98 Å². The topological polar surface area (TPSA) is 59.4 Å². The van der Waals surface area contributed by atoms with Gasteiger partial charge in [0.25, 0.3) is 0 Å². The number of rotatable bonds is 4. The van der Waals surface area contributed by atoms with E-state index >= 15 is 0 Å². The van der Waals surface area contributed by atoms with Crippen molar-refractivity contribution in [2.75, 3.05) is 7.11 Å². The molecule has 1 aromatic heterocycles. The first kappa shape index (κ1) is 14.4. The van der Waals surface area contributed by atoms with E-state index in [0.29, 0.717) is 10.6 Å². The number of hydrogen-bond acceptors (Lipinski definition) is 4. The summed E-state index contributed by atoms with van der Waals surface area (Å²) in [6.45, 7) is 3.57. The van der Waals surface area contributed by atoms with Gasteiger partial charge in [-0.25, -0.2) is 4.79 Å². The zero-order chi connectivity index (χ0) is 14.7. The molecular formula is C15H15NO3S. The lowest BCUT2D eigenvalue weighted by molar-refractivity contribution is 0.0691. The van der Waals surface area contributed by atoms with Crippen LogP contribution in [0.3, 0.4) is 0 Å².